The number of rotatable bonds is 5. The van der Waals surface area contributed by atoms with Gasteiger partial charge in [-0.25, -0.2) is 27.3 Å². The molecular formula is C21H21Cl2FN4O4S. The van der Waals surface area contributed by atoms with Crippen LogP contribution in [0.25, 0.3) is 5.69 Å². The van der Waals surface area contributed by atoms with Gasteiger partial charge in [-0.3, -0.25) is 0 Å². The summed E-state index contributed by atoms with van der Waals surface area (Å²) in [7, 11) is -2.85. The van der Waals surface area contributed by atoms with E-state index in [0.717, 1.165) is 10.9 Å². The number of carbonyl (C=O) groups is 1. The Morgan fingerprint density at radius 2 is 1.91 bits per heavy atom. The van der Waals surface area contributed by atoms with Gasteiger partial charge in [0.05, 0.1) is 9.92 Å². The van der Waals surface area contributed by atoms with Crippen LogP contribution in [-0.4, -0.2) is 36.3 Å². The van der Waals surface area contributed by atoms with E-state index in [1.54, 1.807) is 20.8 Å². The van der Waals surface area contributed by atoms with Crippen molar-refractivity contribution in [2.45, 2.75) is 36.8 Å². The molecule has 0 saturated heterocycles. The van der Waals surface area contributed by atoms with E-state index >= 15 is 0 Å². The van der Waals surface area contributed by atoms with Crippen molar-refractivity contribution in [2.24, 2.45) is 5.41 Å². The van der Waals surface area contributed by atoms with Crippen LogP contribution < -0.4 is 5.32 Å². The zero-order chi connectivity index (χ0) is 24.6. The highest BCUT2D eigenvalue weighted by Crippen LogP contribution is 2.38. The molecule has 0 saturated carbocycles. The minimum absolute atomic E-state index is 0.103. The van der Waals surface area contributed by atoms with Gasteiger partial charge in [0, 0.05) is 24.7 Å². The number of sulfone groups is 1. The van der Waals surface area contributed by atoms with Crippen molar-refractivity contribution in [1.29, 1.82) is 0 Å². The van der Waals surface area contributed by atoms with E-state index < -0.39 is 33.3 Å². The lowest BCUT2D eigenvalue weighted by Gasteiger charge is -2.28. The molecule has 0 fully saturated rings. The molecule has 1 aromatic carbocycles. The molecule has 3 rings (SSSR count). The zero-order valence-corrected chi connectivity index (χ0v) is 20.5. The number of alkyl carbamates (subject to hydrolysis) is 1. The molecule has 3 aromatic rings. The molecule has 1 unspecified atom stereocenters. The molecule has 1 atom stereocenters. The molecule has 1 amide bonds. The normalized spacial score (nSPS) is 12.9. The molecule has 1 N–H and O–H groups in total. The second kappa shape index (κ2) is 9.28. The van der Waals surface area contributed by atoms with Crippen molar-refractivity contribution in [3.05, 3.63) is 64.3 Å². The largest absolute Gasteiger partial charge is 0.439 e. The highest BCUT2D eigenvalue weighted by Gasteiger charge is 2.36. The Morgan fingerprint density at radius 3 is 2.48 bits per heavy atom. The van der Waals surface area contributed by atoms with E-state index in [1.165, 1.54) is 43.4 Å². The van der Waals surface area contributed by atoms with Crippen molar-refractivity contribution < 1.29 is 22.3 Å². The van der Waals surface area contributed by atoms with Gasteiger partial charge >= 0.3 is 6.09 Å². The maximum absolute atomic E-state index is 14.9. The lowest BCUT2D eigenvalue weighted by Crippen LogP contribution is -2.29. The SMILES string of the molecule is CNC(=O)OC(c1cc(S(=O)(=O)c2ccc(Cl)nc2)n(-c2cccc(Cl)c2F)n1)C(C)(C)C. The Labute approximate surface area is 200 Å². The fourth-order valence-electron chi connectivity index (χ4n) is 3.02. The van der Waals surface area contributed by atoms with Crippen molar-refractivity contribution in [3.63, 3.8) is 0 Å². The van der Waals surface area contributed by atoms with E-state index in [4.69, 9.17) is 27.9 Å². The zero-order valence-electron chi connectivity index (χ0n) is 18.1. The fraction of sp³-hybridized carbons (Fsp3) is 0.286. The van der Waals surface area contributed by atoms with Crippen LogP contribution >= 0.6 is 23.2 Å². The van der Waals surface area contributed by atoms with Crippen molar-refractivity contribution in [3.8, 4) is 5.69 Å². The van der Waals surface area contributed by atoms with Gasteiger partial charge in [0.2, 0.25) is 9.84 Å². The van der Waals surface area contributed by atoms with Gasteiger partial charge in [-0.05, 0) is 24.3 Å². The highest BCUT2D eigenvalue weighted by atomic mass is 35.5. The minimum atomic E-state index is -4.24. The molecule has 0 spiro atoms. The topological polar surface area (TPSA) is 103 Å². The van der Waals surface area contributed by atoms with Gasteiger partial charge in [0.25, 0.3) is 0 Å². The number of nitrogens with zero attached hydrogens (tertiary/aromatic N) is 3. The Kier molecular flexibility index (Phi) is 7.01. The number of halogens is 3. The summed E-state index contributed by atoms with van der Waals surface area (Å²) in [6.45, 7) is 5.37. The Morgan fingerprint density at radius 1 is 1.21 bits per heavy atom. The lowest BCUT2D eigenvalue weighted by molar-refractivity contribution is 0.0284. The van der Waals surface area contributed by atoms with E-state index in [9.17, 15) is 17.6 Å². The second-order valence-corrected chi connectivity index (χ2v) is 10.8. The van der Waals surface area contributed by atoms with Crippen LogP contribution in [0.4, 0.5) is 9.18 Å². The van der Waals surface area contributed by atoms with Crippen LogP contribution in [0.15, 0.2) is 52.5 Å². The average molecular weight is 515 g/mol. The first-order chi connectivity index (χ1) is 15.4. The van der Waals surface area contributed by atoms with Crippen LogP contribution in [0, 0.1) is 11.2 Å². The van der Waals surface area contributed by atoms with Crippen molar-refractivity contribution >= 4 is 39.1 Å². The second-order valence-electron chi connectivity index (χ2n) is 8.11. The van der Waals surface area contributed by atoms with E-state index in [-0.39, 0.29) is 31.5 Å². The molecule has 12 heteroatoms. The van der Waals surface area contributed by atoms with Gasteiger partial charge in [-0.1, -0.05) is 50.0 Å². The maximum atomic E-state index is 14.9. The average Bonchev–Trinajstić information content (AvgIpc) is 3.18. The Bertz CT molecular complexity index is 1290. The number of ether oxygens (including phenoxy) is 1. The highest BCUT2D eigenvalue weighted by molar-refractivity contribution is 7.91. The van der Waals surface area contributed by atoms with Gasteiger partial charge in [0.15, 0.2) is 16.9 Å². The molecule has 0 radical (unpaired) electrons. The minimum Gasteiger partial charge on any atom is -0.439 e. The van der Waals surface area contributed by atoms with E-state index in [2.05, 4.69) is 15.4 Å². The predicted molar refractivity (Wildman–Crippen MR) is 121 cm³/mol. The number of hydrogen-bond donors (Lipinski definition) is 1. The van der Waals surface area contributed by atoms with Gasteiger partial charge in [0.1, 0.15) is 16.5 Å². The predicted octanol–water partition coefficient (Wildman–Crippen LogP) is 4.99. The molecule has 0 aliphatic carbocycles. The molecular weight excluding hydrogens is 494 g/mol. The number of nitrogens with one attached hydrogen (secondary N) is 1. The first-order valence-corrected chi connectivity index (χ1v) is 11.9. The number of hydrogen-bond acceptors (Lipinski definition) is 6. The summed E-state index contributed by atoms with van der Waals surface area (Å²) in [5.41, 5.74) is -0.769. The molecule has 0 aliphatic heterocycles. The monoisotopic (exact) mass is 514 g/mol. The molecule has 0 aliphatic rings. The fourth-order valence-corrected chi connectivity index (χ4v) is 4.62. The smallest absolute Gasteiger partial charge is 0.407 e. The van der Waals surface area contributed by atoms with Gasteiger partial charge in [-0.15, -0.1) is 0 Å². The summed E-state index contributed by atoms with van der Waals surface area (Å²) in [5.74, 6) is -0.862. The number of benzene rings is 1. The maximum Gasteiger partial charge on any atom is 0.407 e. The standard InChI is InChI=1S/C21H21Cl2FN4O4S/c1-21(2,3)19(32-20(29)25-4)14-10-17(33(30,31)12-8-9-16(23)26-11-12)28(27-14)15-7-5-6-13(22)18(15)24/h5-11,19H,1-4H3,(H,25,29). The number of carbonyl (C=O) groups excluding carboxylic acids is 1. The van der Waals surface area contributed by atoms with Crippen molar-refractivity contribution in [1.82, 2.24) is 20.1 Å². The lowest BCUT2D eigenvalue weighted by atomic mass is 9.87. The van der Waals surface area contributed by atoms with E-state index in [1.807, 2.05) is 0 Å². The van der Waals surface area contributed by atoms with Crippen LogP contribution in [-0.2, 0) is 14.6 Å². The number of pyridine rings is 1. The molecule has 33 heavy (non-hydrogen) atoms. The summed E-state index contributed by atoms with van der Waals surface area (Å²) >= 11 is 11.7. The Balaban J connectivity index is 2.29. The van der Waals surface area contributed by atoms with Crippen LogP contribution in [0.1, 0.15) is 32.6 Å². The number of amides is 1. The molecule has 176 valence electrons. The van der Waals surface area contributed by atoms with Crippen molar-refractivity contribution in [2.75, 3.05) is 7.05 Å². The van der Waals surface area contributed by atoms with Crippen LogP contribution in [0.2, 0.25) is 10.2 Å². The number of aromatic nitrogens is 3. The molecule has 2 heterocycles. The van der Waals surface area contributed by atoms with Gasteiger partial charge in [-0.2, -0.15) is 5.10 Å². The molecule has 0 bridgehead atoms. The molecule has 8 nitrogen and oxygen atoms in total. The van der Waals surface area contributed by atoms with Crippen LogP contribution in [0.3, 0.4) is 0 Å². The first-order valence-electron chi connectivity index (χ1n) is 9.65. The summed E-state index contributed by atoms with van der Waals surface area (Å²) in [6.07, 6.45) is -0.603. The third-order valence-electron chi connectivity index (χ3n) is 4.63. The summed E-state index contributed by atoms with van der Waals surface area (Å²) in [5, 5.41) is 6.22. The molecule has 2 aromatic heterocycles. The Hall–Kier alpha value is -2.69. The summed E-state index contributed by atoms with van der Waals surface area (Å²) in [6, 6.07) is 7.96. The third kappa shape index (κ3) is 5.13. The summed E-state index contributed by atoms with van der Waals surface area (Å²) in [4.78, 5) is 15.6. The van der Waals surface area contributed by atoms with Gasteiger partial charge < -0.3 is 10.1 Å². The van der Waals surface area contributed by atoms with Crippen LogP contribution in [0.5, 0.6) is 0 Å². The first kappa shape index (κ1) is 24.9. The quantitative estimate of drug-likeness (QED) is 0.481. The third-order valence-corrected chi connectivity index (χ3v) is 6.84. The summed E-state index contributed by atoms with van der Waals surface area (Å²) < 4.78 is 48.3. The van der Waals surface area contributed by atoms with E-state index in [0.29, 0.717) is 0 Å².